The minimum Gasteiger partial charge on any atom is -0.103 e. The first-order valence-electron chi connectivity index (χ1n) is 6.27. The zero-order valence-corrected chi connectivity index (χ0v) is 10.8. The summed E-state index contributed by atoms with van der Waals surface area (Å²) in [6.45, 7) is 13.2. The van der Waals surface area contributed by atoms with Crippen LogP contribution in [-0.2, 0) is 0 Å². The highest BCUT2D eigenvalue weighted by molar-refractivity contribution is 5.07. The van der Waals surface area contributed by atoms with Crippen molar-refractivity contribution in [2.45, 2.75) is 47.0 Å². The van der Waals surface area contributed by atoms with E-state index in [1.54, 1.807) is 0 Å². The molecule has 0 nitrogen and oxygen atoms in total. The maximum atomic E-state index is 3.91. The highest BCUT2D eigenvalue weighted by Gasteiger charge is 2.48. The Balaban J connectivity index is 2.35. The summed E-state index contributed by atoms with van der Waals surface area (Å²) in [5, 5.41) is 0. The summed E-state index contributed by atoms with van der Waals surface area (Å²) >= 11 is 0. The predicted molar refractivity (Wildman–Crippen MR) is 68.8 cm³/mol. The molecule has 1 rings (SSSR count). The lowest BCUT2D eigenvalue weighted by atomic mass is 9.83. The van der Waals surface area contributed by atoms with E-state index in [1.807, 2.05) is 0 Å². The Bertz CT molecular complexity index is 238. The smallest absolute Gasteiger partial charge is 0.0176 e. The average molecular weight is 206 g/mol. The van der Waals surface area contributed by atoms with E-state index in [9.17, 15) is 0 Å². The van der Waals surface area contributed by atoms with E-state index in [2.05, 4.69) is 52.5 Å². The van der Waals surface area contributed by atoms with Crippen LogP contribution in [-0.4, -0.2) is 0 Å². The van der Waals surface area contributed by atoms with Crippen LogP contribution in [0.3, 0.4) is 0 Å². The summed E-state index contributed by atoms with van der Waals surface area (Å²) in [5.41, 5.74) is 0.575. The third kappa shape index (κ3) is 3.22. The zero-order valence-electron chi connectivity index (χ0n) is 10.8. The van der Waals surface area contributed by atoms with Crippen LogP contribution < -0.4 is 0 Å². The van der Waals surface area contributed by atoms with Gasteiger partial charge in [0.2, 0.25) is 0 Å². The molecule has 0 heteroatoms. The van der Waals surface area contributed by atoms with Crippen molar-refractivity contribution in [1.29, 1.82) is 0 Å². The van der Waals surface area contributed by atoms with Gasteiger partial charge in [-0.3, -0.25) is 0 Å². The van der Waals surface area contributed by atoms with Gasteiger partial charge in [0.25, 0.3) is 0 Å². The molecule has 0 aliphatic heterocycles. The van der Waals surface area contributed by atoms with Gasteiger partial charge in [-0.25, -0.2) is 0 Å². The number of rotatable bonds is 6. The predicted octanol–water partition coefficient (Wildman–Crippen LogP) is 4.83. The quantitative estimate of drug-likeness (QED) is 0.546. The van der Waals surface area contributed by atoms with Gasteiger partial charge in [-0.05, 0) is 49.4 Å². The van der Waals surface area contributed by atoms with Crippen molar-refractivity contribution in [2.75, 3.05) is 0 Å². The van der Waals surface area contributed by atoms with Crippen molar-refractivity contribution in [3.05, 3.63) is 24.8 Å². The SMILES string of the molecule is C=CC1CC1(C)CC(C)C(C)CC=CC. The fourth-order valence-corrected chi connectivity index (χ4v) is 2.57. The molecule has 1 saturated carbocycles. The maximum Gasteiger partial charge on any atom is -0.0176 e. The molecule has 1 aliphatic rings. The summed E-state index contributed by atoms with van der Waals surface area (Å²) in [4.78, 5) is 0. The van der Waals surface area contributed by atoms with Crippen molar-refractivity contribution in [3.63, 3.8) is 0 Å². The molecular formula is C15H26. The van der Waals surface area contributed by atoms with Gasteiger partial charge in [0.1, 0.15) is 0 Å². The number of hydrogen-bond donors (Lipinski definition) is 0. The summed E-state index contributed by atoms with van der Waals surface area (Å²) in [6.07, 6.45) is 10.5. The third-order valence-electron chi connectivity index (χ3n) is 4.21. The largest absolute Gasteiger partial charge is 0.103 e. The Kier molecular flexibility index (Phi) is 4.19. The van der Waals surface area contributed by atoms with Crippen LogP contribution in [0, 0.1) is 23.2 Å². The van der Waals surface area contributed by atoms with Crippen LogP contribution in [0.15, 0.2) is 24.8 Å². The first-order chi connectivity index (χ1) is 7.03. The molecule has 0 saturated heterocycles. The molecule has 15 heavy (non-hydrogen) atoms. The second-order valence-corrected chi connectivity index (χ2v) is 5.66. The van der Waals surface area contributed by atoms with Gasteiger partial charge >= 0.3 is 0 Å². The molecular weight excluding hydrogens is 180 g/mol. The molecule has 0 heterocycles. The topological polar surface area (TPSA) is 0 Å². The molecule has 0 spiro atoms. The van der Waals surface area contributed by atoms with Crippen LogP contribution in [0.5, 0.6) is 0 Å². The summed E-state index contributed by atoms with van der Waals surface area (Å²) in [5.74, 6) is 2.43. The molecule has 86 valence electrons. The van der Waals surface area contributed by atoms with Gasteiger partial charge in [-0.15, -0.1) is 6.58 Å². The van der Waals surface area contributed by atoms with Crippen LogP contribution >= 0.6 is 0 Å². The molecule has 0 amide bonds. The van der Waals surface area contributed by atoms with Crippen LogP contribution in [0.1, 0.15) is 47.0 Å². The fourth-order valence-electron chi connectivity index (χ4n) is 2.57. The molecule has 0 aromatic heterocycles. The van der Waals surface area contributed by atoms with Crippen molar-refractivity contribution in [3.8, 4) is 0 Å². The van der Waals surface area contributed by atoms with Crippen LogP contribution in [0.4, 0.5) is 0 Å². The molecule has 0 N–H and O–H groups in total. The van der Waals surface area contributed by atoms with Gasteiger partial charge in [0, 0.05) is 0 Å². The van der Waals surface area contributed by atoms with Gasteiger partial charge in [-0.1, -0.05) is 39.0 Å². The molecule has 0 radical (unpaired) electrons. The molecule has 1 aliphatic carbocycles. The first kappa shape index (κ1) is 12.5. The second kappa shape index (κ2) is 5.01. The van der Waals surface area contributed by atoms with E-state index in [-0.39, 0.29) is 0 Å². The summed E-state index contributed by atoms with van der Waals surface area (Å²) in [6, 6.07) is 0. The Morgan fingerprint density at radius 3 is 2.53 bits per heavy atom. The van der Waals surface area contributed by atoms with E-state index in [0.717, 1.165) is 17.8 Å². The Labute approximate surface area is 95.5 Å². The molecule has 4 atom stereocenters. The van der Waals surface area contributed by atoms with Gasteiger partial charge in [0.15, 0.2) is 0 Å². The van der Waals surface area contributed by atoms with Gasteiger partial charge in [-0.2, -0.15) is 0 Å². The highest BCUT2D eigenvalue weighted by atomic mass is 14.5. The standard InChI is InChI=1S/C15H26/c1-6-8-9-12(3)13(4)10-15(5)11-14(15)7-2/h6-8,12-14H,2,9-11H2,1,3-5H3. The van der Waals surface area contributed by atoms with Crippen LogP contribution in [0.25, 0.3) is 0 Å². The van der Waals surface area contributed by atoms with E-state index < -0.39 is 0 Å². The van der Waals surface area contributed by atoms with E-state index in [4.69, 9.17) is 0 Å². The summed E-state index contributed by atoms with van der Waals surface area (Å²) < 4.78 is 0. The van der Waals surface area contributed by atoms with E-state index in [0.29, 0.717) is 5.41 Å². The second-order valence-electron chi connectivity index (χ2n) is 5.66. The Morgan fingerprint density at radius 2 is 2.07 bits per heavy atom. The maximum absolute atomic E-state index is 3.91. The fraction of sp³-hybridized carbons (Fsp3) is 0.733. The van der Waals surface area contributed by atoms with Crippen molar-refractivity contribution in [2.24, 2.45) is 23.2 Å². The van der Waals surface area contributed by atoms with Crippen molar-refractivity contribution >= 4 is 0 Å². The van der Waals surface area contributed by atoms with Gasteiger partial charge < -0.3 is 0 Å². The summed E-state index contributed by atoms with van der Waals surface area (Å²) in [7, 11) is 0. The number of hydrogen-bond acceptors (Lipinski definition) is 0. The lowest BCUT2D eigenvalue weighted by Crippen LogP contribution is -2.13. The normalized spacial score (nSPS) is 34.0. The Morgan fingerprint density at radius 1 is 1.40 bits per heavy atom. The van der Waals surface area contributed by atoms with Crippen molar-refractivity contribution in [1.82, 2.24) is 0 Å². The lowest BCUT2D eigenvalue weighted by molar-refractivity contribution is 0.296. The monoisotopic (exact) mass is 206 g/mol. The highest BCUT2D eigenvalue weighted by Crippen LogP contribution is 2.57. The average Bonchev–Trinajstić information content (AvgIpc) is 2.85. The van der Waals surface area contributed by atoms with Crippen LogP contribution in [0.2, 0.25) is 0 Å². The molecule has 4 unspecified atom stereocenters. The first-order valence-corrected chi connectivity index (χ1v) is 6.27. The minimum atomic E-state index is 0.575. The van der Waals surface area contributed by atoms with Gasteiger partial charge in [0.05, 0.1) is 0 Å². The minimum absolute atomic E-state index is 0.575. The molecule has 0 bridgehead atoms. The number of allylic oxidation sites excluding steroid dienone is 3. The third-order valence-corrected chi connectivity index (χ3v) is 4.21. The molecule has 0 aromatic carbocycles. The van der Waals surface area contributed by atoms with E-state index >= 15 is 0 Å². The molecule has 0 aromatic rings. The lowest BCUT2D eigenvalue weighted by Gasteiger charge is -2.22. The molecule has 1 fully saturated rings. The van der Waals surface area contributed by atoms with E-state index in [1.165, 1.54) is 19.3 Å². The zero-order chi connectivity index (χ0) is 11.5. The van der Waals surface area contributed by atoms with Crippen molar-refractivity contribution < 1.29 is 0 Å². The Hall–Kier alpha value is -0.520.